The van der Waals surface area contributed by atoms with Crippen molar-refractivity contribution >= 4 is 27.5 Å². The van der Waals surface area contributed by atoms with Gasteiger partial charge in [-0.25, -0.2) is 5.43 Å². The molecule has 1 aromatic heterocycles. The summed E-state index contributed by atoms with van der Waals surface area (Å²) in [7, 11) is 0. The van der Waals surface area contributed by atoms with Crippen molar-refractivity contribution in [2.75, 3.05) is 0 Å². The fourth-order valence-corrected chi connectivity index (χ4v) is 2.71. The van der Waals surface area contributed by atoms with E-state index in [1.54, 1.807) is 0 Å². The molecule has 0 aliphatic heterocycles. The average Bonchev–Trinajstić information content (AvgIpc) is 3.09. The molecule has 0 saturated heterocycles. The van der Waals surface area contributed by atoms with Crippen LogP contribution in [0.5, 0.6) is 0 Å². The molecule has 126 valence electrons. The maximum atomic E-state index is 12.0. The van der Waals surface area contributed by atoms with E-state index >= 15 is 0 Å². The largest absolute Gasteiger partial charge is 0.271 e. The fraction of sp³-hybridized carbons (Fsp3) is 0.118. The van der Waals surface area contributed by atoms with Gasteiger partial charge in [0.25, 0.3) is 5.91 Å². The number of nitrogens with zero attached hydrogens (tertiary/aromatic N) is 5. The van der Waals surface area contributed by atoms with E-state index in [-0.39, 0.29) is 12.5 Å². The average molecular weight is 399 g/mol. The molecule has 3 rings (SSSR count). The number of hydrogen-bond acceptors (Lipinski definition) is 5. The van der Waals surface area contributed by atoms with Gasteiger partial charge in [0.1, 0.15) is 6.54 Å². The SMILES string of the molecule is C/C(=N/NC(=O)Cn1nnc(-c2ccccc2)n1)c1ccccc1Br. The number of tetrazole rings is 1. The van der Waals surface area contributed by atoms with Crippen molar-refractivity contribution in [3.8, 4) is 11.4 Å². The minimum atomic E-state index is -0.330. The third kappa shape index (κ3) is 4.36. The molecule has 3 aromatic rings. The number of rotatable bonds is 5. The summed E-state index contributed by atoms with van der Waals surface area (Å²) >= 11 is 3.46. The Morgan fingerprint density at radius 1 is 1.16 bits per heavy atom. The zero-order valence-corrected chi connectivity index (χ0v) is 15.0. The highest BCUT2D eigenvalue weighted by Gasteiger charge is 2.09. The Labute approximate surface area is 152 Å². The van der Waals surface area contributed by atoms with Gasteiger partial charge in [-0.3, -0.25) is 4.79 Å². The third-order valence-corrected chi connectivity index (χ3v) is 4.07. The maximum Gasteiger partial charge on any atom is 0.263 e. The van der Waals surface area contributed by atoms with Crippen LogP contribution in [0.3, 0.4) is 0 Å². The van der Waals surface area contributed by atoms with Gasteiger partial charge in [0, 0.05) is 15.6 Å². The predicted molar refractivity (Wildman–Crippen MR) is 97.7 cm³/mol. The zero-order valence-electron chi connectivity index (χ0n) is 13.4. The van der Waals surface area contributed by atoms with Crippen molar-refractivity contribution < 1.29 is 4.79 Å². The summed E-state index contributed by atoms with van der Waals surface area (Å²) in [5.74, 6) is 0.143. The van der Waals surface area contributed by atoms with Crippen molar-refractivity contribution in [2.24, 2.45) is 5.10 Å². The molecule has 0 unspecified atom stereocenters. The molecule has 7 nitrogen and oxygen atoms in total. The molecule has 1 N–H and O–H groups in total. The lowest BCUT2D eigenvalue weighted by Crippen LogP contribution is -2.25. The molecule has 0 aliphatic rings. The molecule has 25 heavy (non-hydrogen) atoms. The second-order valence-corrected chi connectivity index (χ2v) is 6.08. The first-order chi connectivity index (χ1) is 12.1. The zero-order chi connectivity index (χ0) is 17.6. The molecule has 2 aromatic carbocycles. The number of carbonyl (C=O) groups is 1. The van der Waals surface area contributed by atoms with E-state index in [2.05, 4.69) is 41.9 Å². The van der Waals surface area contributed by atoms with E-state index < -0.39 is 0 Å². The third-order valence-electron chi connectivity index (χ3n) is 3.38. The Morgan fingerprint density at radius 2 is 1.88 bits per heavy atom. The van der Waals surface area contributed by atoms with Gasteiger partial charge in [0.05, 0.1) is 5.71 Å². The molecule has 8 heteroatoms. The molecule has 0 radical (unpaired) electrons. The van der Waals surface area contributed by atoms with Crippen LogP contribution in [0.1, 0.15) is 12.5 Å². The molecule has 0 atom stereocenters. The van der Waals surface area contributed by atoms with Gasteiger partial charge in [-0.05, 0) is 18.2 Å². The van der Waals surface area contributed by atoms with Crippen molar-refractivity contribution in [1.82, 2.24) is 25.6 Å². The van der Waals surface area contributed by atoms with E-state index in [9.17, 15) is 4.79 Å². The van der Waals surface area contributed by atoms with Gasteiger partial charge in [-0.2, -0.15) is 9.90 Å². The van der Waals surface area contributed by atoms with E-state index in [1.807, 2.05) is 61.5 Å². The Kier molecular flexibility index (Phi) is 5.30. The lowest BCUT2D eigenvalue weighted by atomic mass is 10.1. The molecule has 0 spiro atoms. The second-order valence-electron chi connectivity index (χ2n) is 5.22. The van der Waals surface area contributed by atoms with E-state index in [1.165, 1.54) is 4.80 Å². The van der Waals surface area contributed by atoms with E-state index in [0.29, 0.717) is 11.5 Å². The Morgan fingerprint density at radius 3 is 2.64 bits per heavy atom. The van der Waals surface area contributed by atoms with Crippen LogP contribution in [0.15, 0.2) is 64.2 Å². The number of hydrogen-bond donors (Lipinski definition) is 1. The maximum absolute atomic E-state index is 12.0. The minimum Gasteiger partial charge on any atom is -0.271 e. The van der Waals surface area contributed by atoms with Crippen LogP contribution in [-0.4, -0.2) is 31.8 Å². The molecular weight excluding hydrogens is 384 g/mol. The number of nitrogens with one attached hydrogen (secondary N) is 1. The predicted octanol–water partition coefficient (Wildman–Crippen LogP) is 2.64. The number of benzene rings is 2. The Balaban J connectivity index is 1.63. The summed E-state index contributed by atoms with van der Waals surface area (Å²) < 4.78 is 0.913. The van der Waals surface area contributed by atoms with Crippen LogP contribution in [0, 0.1) is 0 Å². The monoisotopic (exact) mass is 398 g/mol. The molecule has 1 heterocycles. The summed E-state index contributed by atoms with van der Waals surface area (Å²) in [6.45, 7) is 1.76. The number of carbonyl (C=O) groups excluding carboxylic acids is 1. The van der Waals surface area contributed by atoms with Crippen LogP contribution in [0.25, 0.3) is 11.4 Å². The summed E-state index contributed by atoms with van der Waals surface area (Å²) in [5, 5.41) is 16.2. The molecule has 0 saturated carbocycles. The van der Waals surface area contributed by atoms with E-state index in [4.69, 9.17) is 0 Å². The van der Waals surface area contributed by atoms with Crippen LogP contribution < -0.4 is 5.43 Å². The summed E-state index contributed by atoms with van der Waals surface area (Å²) in [6, 6.07) is 17.1. The first-order valence-electron chi connectivity index (χ1n) is 7.55. The summed E-state index contributed by atoms with van der Waals surface area (Å²) in [4.78, 5) is 13.3. The summed E-state index contributed by atoms with van der Waals surface area (Å²) in [6.07, 6.45) is 0. The molecular formula is C17H15BrN6O. The van der Waals surface area contributed by atoms with Crippen LogP contribution in [-0.2, 0) is 11.3 Å². The van der Waals surface area contributed by atoms with Gasteiger partial charge in [-0.15, -0.1) is 10.2 Å². The first kappa shape index (κ1) is 17.0. The van der Waals surface area contributed by atoms with Crippen LogP contribution in [0.2, 0.25) is 0 Å². The molecule has 1 amide bonds. The number of amides is 1. The minimum absolute atomic E-state index is 0.0629. The van der Waals surface area contributed by atoms with Gasteiger partial charge in [0.15, 0.2) is 0 Å². The number of hydrazone groups is 1. The highest BCUT2D eigenvalue weighted by molar-refractivity contribution is 9.10. The van der Waals surface area contributed by atoms with Crippen molar-refractivity contribution in [1.29, 1.82) is 0 Å². The lowest BCUT2D eigenvalue weighted by Gasteiger charge is -2.04. The normalized spacial score (nSPS) is 11.4. The second kappa shape index (κ2) is 7.80. The molecule has 0 bridgehead atoms. The van der Waals surface area contributed by atoms with Crippen molar-refractivity contribution in [2.45, 2.75) is 13.5 Å². The van der Waals surface area contributed by atoms with Crippen molar-refractivity contribution in [3.05, 3.63) is 64.6 Å². The van der Waals surface area contributed by atoms with E-state index in [0.717, 1.165) is 15.6 Å². The molecule has 0 fully saturated rings. The van der Waals surface area contributed by atoms with Gasteiger partial charge in [0.2, 0.25) is 5.82 Å². The summed E-state index contributed by atoms with van der Waals surface area (Å²) in [5.41, 5.74) is 4.95. The van der Waals surface area contributed by atoms with Gasteiger partial charge < -0.3 is 0 Å². The van der Waals surface area contributed by atoms with Crippen molar-refractivity contribution in [3.63, 3.8) is 0 Å². The standard InChI is InChI=1S/C17H15BrN6O/c1-12(14-9-5-6-10-15(14)18)19-20-16(25)11-24-22-17(21-23-24)13-7-3-2-4-8-13/h2-10H,11H2,1H3,(H,20,25)/b19-12-. The smallest absolute Gasteiger partial charge is 0.263 e. The van der Waals surface area contributed by atoms with Gasteiger partial charge >= 0.3 is 0 Å². The van der Waals surface area contributed by atoms with Gasteiger partial charge in [-0.1, -0.05) is 64.5 Å². The fourth-order valence-electron chi connectivity index (χ4n) is 2.14. The first-order valence-corrected chi connectivity index (χ1v) is 8.34. The van der Waals surface area contributed by atoms with Crippen LogP contribution in [0.4, 0.5) is 0 Å². The lowest BCUT2D eigenvalue weighted by molar-refractivity contribution is -0.122. The highest BCUT2D eigenvalue weighted by atomic mass is 79.9. The quantitative estimate of drug-likeness (QED) is 0.528. The van der Waals surface area contributed by atoms with Crippen LogP contribution >= 0.6 is 15.9 Å². The Bertz CT molecular complexity index is 906. The topological polar surface area (TPSA) is 85.1 Å². The number of aromatic nitrogens is 4. The highest BCUT2D eigenvalue weighted by Crippen LogP contribution is 2.16. The Hall–Kier alpha value is -2.87. The molecule has 0 aliphatic carbocycles. The number of halogens is 1.